The molecule has 5 nitrogen and oxygen atoms in total. The number of hydrogen-bond donors (Lipinski definition) is 1. The molecule has 0 saturated heterocycles. The molecule has 0 aliphatic rings. The van der Waals surface area contributed by atoms with E-state index >= 15 is 0 Å². The van der Waals surface area contributed by atoms with E-state index in [4.69, 9.17) is 4.74 Å². The lowest BCUT2D eigenvalue weighted by Crippen LogP contribution is -2.39. The SMILES string of the molecule is O=C[C@H](Cc1nccs1)NC(=O)Oc1ccccc1. The average Bonchev–Trinajstić information content (AvgIpc) is 2.92. The van der Waals surface area contributed by atoms with Crippen LogP contribution in [0.4, 0.5) is 4.79 Å². The first kappa shape index (κ1) is 13.2. The van der Waals surface area contributed by atoms with Crippen LogP contribution in [0.5, 0.6) is 5.75 Å². The van der Waals surface area contributed by atoms with Gasteiger partial charge in [0.15, 0.2) is 0 Å². The van der Waals surface area contributed by atoms with E-state index in [0.717, 1.165) is 5.01 Å². The molecule has 1 N–H and O–H groups in total. The number of benzene rings is 1. The fraction of sp³-hybridized carbons (Fsp3) is 0.154. The maximum atomic E-state index is 11.6. The standard InChI is InChI=1S/C13H12N2O3S/c16-9-10(8-12-14-6-7-19-12)15-13(17)18-11-4-2-1-3-5-11/h1-7,9-10H,8H2,(H,15,17)/t10-/m0/s1. The first-order valence-electron chi connectivity index (χ1n) is 5.65. The molecule has 0 radical (unpaired) electrons. The highest BCUT2D eigenvalue weighted by Crippen LogP contribution is 2.09. The molecule has 0 fully saturated rings. The Morgan fingerprint density at radius 2 is 2.21 bits per heavy atom. The largest absolute Gasteiger partial charge is 0.413 e. The van der Waals surface area contributed by atoms with Crippen molar-refractivity contribution in [2.45, 2.75) is 12.5 Å². The van der Waals surface area contributed by atoms with Crippen molar-refractivity contribution in [2.75, 3.05) is 0 Å². The van der Waals surface area contributed by atoms with Gasteiger partial charge in [0.25, 0.3) is 0 Å². The number of hydrogen-bond acceptors (Lipinski definition) is 5. The average molecular weight is 276 g/mol. The topological polar surface area (TPSA) is 68.3 Å². The highest BCUT2D eigenvalue weighted by atomic mass is 32.1. The molecule has 6 heteroatoms. The van der Waals surface area contributed by atoms with Crippen LogP contribution in [0.15, 0.2) is 41.9 Å². The zero-order valence-electron chi connectivity index (χ0n) is 9.98. The van der Waals surface area contributed by atoms with Gasteiger partial charge in [-0.05, 0) is 12.1 Å². The number of carbonyl (C=O) groups excluding carboxylic acids is 2. The summed E-state index contributed by atoms with van der Waals surface area (Å²) in [5.74, 6) is 0.430. The van der Waals surface area contributed by atoms with Gasteiger partial charge in [-0.2, -0.15) is 0 Å². The molecule has 0 spiro atoms. The lowest BCUT2D eigenvalue weighted by Gasteiger charge is -2.11. The lowest BCUT2D eigenvalue weighted by atomic mass is 10.2. The summed E-state index contributed by atoms with van der Waals surface area (Å²) in [6.45, 7) is 0. The van der Waals surface area contributed by atoms with Crippen LogP contribution < -0.4 is 10.1 Å². The van der Waals surface area contributed by atoms with E-state index in [9.17, 15) is 9.59 Å². The molecule has 0 saturated carbocycles. The predicted molar refractivity (Wildman–Crippen MR) is 71.3 cm³/mol. The van der Waals surface area contributed by atoms with Crippen LogP contribution in [0.1, 0.15) is 5.01 Å². The number of ether oxygens (including phenoxy) is 1. The molecule has 19 heavy (non-hydrogen) atoms. The molecule has 0 unspecified atom stereocenters. The minimum absolute atomic E-state index is 0.366. The van der Waals surface area contributed by atoms with Gasteiger partial charge in [-0.25, -0.2) is 9.78 Å². The van der Waals surface area contributed by atoms with Gasteiger partial charge in [0, 0.05) is 18.0 Å². The van der Waals surface area contributed by atoms with Crippen molar-refractivity contribution >= 4 is 23.7 Å². The Balaban J connectivity index is 1.88. The Kier molecular flexibility index (Phi) is 4.63. The van der Waals surface area contributed by atoms with E-state index in [2.05, 4.69) is 10.3 Å². The van der Waals surface area contributed by atoms with Crippen LogP contribution in [-0.4, -0.2) is 23.4 Å². The van der Waals surface area contributed by atoms with Crippen molar-refractivity contribution in [3.63, 3.8) is 0 Å². The summed E-state index contributed by atoms with van der Waals surface area (Å²) in [5, 5.41) is 5.10. The van der Waals surface area contributed by atoms with Gasteiger partial charge in [-0.15, -0.1) is 11.3 Å². The van der Waals surface area contributed by atoms with Gasteiger partial charge in [-0.1, -0.05) is 18.2 Å². The minimum Gasteiger partial charge on any atom is -0.410 e. The van der Waals surface area contributed by atoms with Crippen LogP contribution in [0.3, 0.4) is 0 Å². The third kappa shape index (κ3) is 4.18. The van der Waals surface area contributed by atoms with Crippen molar-refractivity contribution in [3.8, 4) is 5.75 Å². The second kappa shape index (κ2) is 6.65. The van der Waals surface area contributed by atoms with Gasteiger partial charge in [-0.3, -0.25) is 0 Å². The van der Waals surface area contributed by atoms with Crippen LogP contribution in [0.2, 0.25) is 0 Å². The van der Waals surface area contributed by atoms with E-state index in [1.165, 1.54) is 11.3 Å². The number of para-hydroxylation sites is 1. The maximum absolute atomic E-state index is 11.6. The fourth-order valence-corrected chi connectivity index (χ4v) is 2.13. The van der Waals surface area contributed by atoms with Crippen molar-refractivity contribution < 1.29 is 14.3 Å². The smallest absolute Gasteiger partial charge is 0.410 e. The molecule has 2 aromatic rings. The number of thiazole rings is 1. The molecule has 1 amide bonds. The van der Waals surface area contributed by atoms with Gasteiger partial charge >= 0.3 is 6.09 Å². The van der Waals surface area contributed by atoms with E-state index < -0.39 is 12.1 Å². The van der Waals surface area contributed by atoms with Crippen molar-refractivity contribution in [3.05, 3.63) is 46.9 Å². The summed E-state index contributed by atoms with van der Waals surface area (Å²) < 4.78 is 5.04. The summed E-state index contributed by atoms with van der Waals surface area (Å²) in [4.78, 5) is 26.6. The Morgan fingerprint density at radius 1 is 1.42 bits per heavy atom. The minimum atomic E-state index is -0.653. The Morgan fingerprint density at radius 3 is 2.84 bits per heavy atom. The van der Waals surface area contributed by atoms with E-state index in [-0.39, 0.29) is 0 Å². The second-order valence-corrected chi connectivity index (χ2v) is 4.70. The number of amides is 1. The third-order valence-electron chi connectivity index (χ3n) is 2.30. The maximum Gasteiger partial charge on any atom is 0.413 e. The highest BCUT2D eigenvalue weighted by molar-refractivity contribution is 7.09. The number of rotatable bonds is 5. The zero-order chi connectivity index (χ0) is 13.5. The number of aldehydes is 1. The van der Waals surface area contributed by atoms with E-state index in [1.807, 2.05) is 11.4 Å². The molecule has 0 aliphatic carbocycles. The summed E-state index contributed by atoms with van der Waals surface area (Å²) in [6, 6.07) is 8.03. The predicted octanol–water partition coefficient (Wildman–Crippen LogP) is 2.04. The number of carbonyl (C=O) groups is 2. The van der Waals surface area contributed by atoms with Crippen LogP contribution in [0, 0.1) is 0 Å². The Bertz CT molecular complexity index is 528. The quantitative estimate of drug-likeness (QED) is 0.849. The molecule has 2 rings (SSSR count). The fourth-order valence-electron chi connectivity index (χ4n) is 1.45. The molecule has 1 atom stereocenters. The van der Waals surface area contributed by atoms with Crippen molar-refractivity contribution in [1.29, 1.82) is 0 Å². The molecule has 1 heterocycles. The Labute approximate surface area is 114 Å². The van der Waals surface area contributed by atoms with Crippen molar-refractivity contribution in [1.82, 2.24) is 10.3 Å². The van der Waals surface area contributed by atoms with Gasteiger partial charge in [0.2, 0.25) is 0 Å². The number of nitrogens with one attached hydrogen (secondary N) is 1. The highest BCUT2D eigenvalue weighted by Gasteiger charge is 2.14. The summed E-state index contributed by atoms with van der Waals surface area (Å²) in [6.07, 6.45) is 2.04. The van der Waals surface area contributed by atoms with Gasteiger partial charge < -0.3 is 14.8 Å². The van der Waals surface area contributed by atoms with E-state index in [1.54, 1.807) is 30.5 Å². The van der Waals surface area contributed by atoms with E-state index in [0.29, 0.717) is 18.5 Å². The van der Waals surface area contributed by atoms with Crippen molar-refractivity contribution in [2.24, 2.45) is 0 Å². The first-order chi connectivity index (χ1) is 9.28. The molecule has 0 aliphatic heterocycles. The lowest BCUT2D eigenvalue weighted by molar-refractivity contribution is -0.109. The molecule has 98 valence electrons. The Hall–Kier alpha value is -2.21. The zero-order valence-corrected chi connectivity index (χ0v) is 10.8. The number of nitrogens with zero attached hydrogens (tertiary/aromatic N) is 1. The van der Waals surface area contributed by atoms with Crippen LogP contribution in [0.25, 0.3) is 0 Å². The number of aromatic nitrogens is 1. The van der Waals surface area contributed by atoms with Gasteiger partial charge in [0.05, 0.1) is 11.0 Å². The molecular formula is C13H12N2O3S. The molecule has 1 aromatic carbocycles. The monoisotopic (exact) mass is 276 g/mol. The molecule has 0 bridgehead atoms. The molecule has 1 aromatic heterocycles. The normalized spacial score (nSPS) is 11.6. The summed E-state index contributed by atoms with van der Waals surface area (Å²) in [7, 11) is 0. The van der Waals surface area contributed by atoms with Crippen LogP contribution in [-0.2, 0) is 11.2 Å². The summed E-state index contributed by atoms with van der Waals surface area (Å²) in [5.41, 5.74) is 0. The first-order valence-corrected chi connectivity index (χ1v) is 6.53. The second-order valence-electron chi connectivity index (χ2n) is 3.72. The third-order valence-corrected chi connectivity index (χ3v) is 3.10. The molecular weight excluding hydrogens is 264 g/mol. The van der Waals surface area contributed by atoms with Gasteiger partial charge in [0.1, 0.15) is 12.0 Å². The summed E-state index contributed by atoms with van der Waals surface area (Å²) >= 11 is 1.44. The van der Waals surface area contributed by atoms with Crippen LogP contribution >= 0.6 is 11.3 Å².